The second-order valence-corrected chi connectivity index (χ2v) is 6.71. The lowest BCUT2D eigenvalue weighted by atomic mass is 9.79. The molecule has 8 nitrogen and oxygen atoms in total. The third-order valence-corrected chi connectivity index (χ3v) is 5.27. The molecular formula is C21H19NO7. The van der Waals surface area contributed by atoms with E-state index in [1.807, 2.05) is 0 Å². The second kappa shape index (κ2) is 6.91. The van der Waals surface area contributed by atoms with E-state index in [9.17, 15) is 24.9 Å². The van der Waals surface area contributed by atoms with Crippen LogP contribution in [0.4, 0.5) is 0 Å². The molecule has 29 heavy (non-hydrogen) atoms. The summed E-state index contributed by atoms with van der Waals surface area (Å²) in [5.74, 6) is -1.74. The first kappa shape index (κ1) is 19.0. The highest BCUT2D eigenvalue weighted by atomic mass is 16.5. The van der Waals surface area contributed by atoms with Crippen LogP contribution in [0.1, 0.15) is 49.0 Å². The van der Waals surface area contributed by atoms with Gasteiger partial charge in [-0.2, -0.15) is 0 Å². The number of ether oxygens (including phenoxy) is 2. The van der Waals surface area contributed by atoms with Gasteiger partial charge in [-0.15, -0.1) is 0 Å². The number of nitrogens with one attached hydrogen (secondary N) is 1. The molecule has 0 saturated carbocycles. The number of hydrogen-bond donors (Lipinski definition) is 4. The number of benzene rings is 2. The van der Waals surface area contributed by atoms with Gasteiger partial charge in [0.1, 0.15) is 18.1 Å². The highest BCUT2D eigenvalue weighted by Gasteiger charge is 2.39. The minimum absolute atomic E-state index is 0.00728. The van der Waals surface area contributed by atoms with Crippen LogP contribution in [-0.2, 0) is 6.61 Å². The molecule has 0 saturated heterocycles. The summed E-state index contributed by atoms with van der Waals surface area (Å²) in [6.45, 7) is -0.436. The predicted molar refractivity (Wildman–Crippen MR) is 102 cm³/mol. The summed E-state index contributed by atoms with van der Waals surface area (Å²) >= 11 is 0. The van der Waals surface area contributed by atoms with E-state index in [-0.39, 0.29) is 45.9 Å². The van der Waals surface area contributed by atoms with Gasteiger partial charge in [-0.05, 0) is 25.3 Å². The average Bonchev–Trinajstić information content (AvgIpc) is 2.93. The van der Waals surface area contributed by atoms with Crippen LogP contribution < -0.4 is 14.8 Å². The van der Waals surface area contributed by atoms with Crippen LogP contribution >= 0.6 is 0 Å². The number of methoxy groups -OCH3 is 1. The van der Waals surface area contributed by atoms with E-state index in [1.165, 1.54) is 19.2 Å². The first-order chi connectivity index (χ1) is 13.9. The third-order valence-electron chi connectivity index (χ3n) is 5.27. The lowest BCUT2D eigenvalue weighted by Crippen LogP contribution is -2.25. The molecule has 0 spiro atoms. The van der Waals surface area contributed by atoms with Gasteiger partial charge in [-0.25, -0.2) is 0 Å². The van der Waals surface area contributed by atoms with Crippen LogP contribution in [0.3, 0.4) is 0 Å². The number of hydrogen-bond acceptors (Lipinski definition) is 8. The summed E-state index contributed by atoms with van der Waals surface area (Å²) in [5.41, 5.74) is -0.138. The van der Waals surface area contributed by atoms with Crippen molar-refractivity contribution in [2.45, 2.75) is 12.6 Å². The number of aromatic hydroxyl groups is 2. The standard InChI is InChI=1S/C21H19NO7/c1-22-12-4-3-5-29-13-6-10-16(21(27)17(12)13)20(26)15-9(18(10)24)7-14(28-2)19(25)11(15)8-23/h3-4,6-7,12,22-23,25,27H,5,8H2,1-2H3/t12-/m0/s1. The summed E-state index contributed by atoms with van der Waals surface area (Å²) < 4.78 is 10.7. The Hall–Kier alpha value is -3.36. The molecule has 0 unspecified atom stereocenters. The van der Waals surface area contributed by atoms with Crippen molar-refractivity contribution >= 4 is 11.6 Å². The van der Waals surface area contributed by atoms with Crippen molar-refractivity contribution in [3.05, 3.63) is 57.7 Å². The molecule has 2 aromatic carbocycles. The molecule has 0 radical (unpaired) electrons. The first-order valence-corrected chi connectivity index (χ1v) is 8.94. The Morgan fingerprint density at radius 2 is 1.86 bits per heavy atom. The van der Waals surface area contributed by atoms with E-state index < -0.39 is 30.0 Å². The molecule has 1 aliphatic carbocycles. The Labute approximate surface area is 166 Å². The minimum atomic E-state index is -0.684. The minimum Gasteiger partial charge on any atom is -0.507 e. The number of fused-ring (bicyclic) bond motifs is 3. The zero-order valence-electron chi connectivity index (χ0n) is 15.8. The molecule has 1 aliphatic heterocycles. The Balaban J connectivity index is 2.03. The van der Waals surface area contributed by atoms with E-state index in [2.05, 4.69) is 5.32 Å². The van der Waals surface area contributed by atoms with Gasteiger partial charge in [0.05, 0.1) is 30.9 Å². The Kier molecular flexibility index (Phi) is 4.52. The maximum atomic E-state index is 13.3. The molecule has 0 fully saturated rings. The number of aliphatic hydroxyl groups excluding tert-OH is 1. The summed E-state index contributed by atoms with van der Waals surface area (Å²) in [4.78, 5) is 26.5. The number of ketones is 2. The van der Waals surface area contributed by atoms with Crippen molar-refractivity contribution in [1.82, 2.24) is 5.32 Å². The van der Waals surface area contributed by atoms with Crippen molar-refractivity contribution in [1.29, 1.82) is 0 Å². The molecule has 8 heteroatoms. The largest absolute Gasteiger partial charge is 0.507 e. The molecule has 1 atom stereocenters. The second-order valence-electron chi connectivity index (χ2n) is 6.71. The number of likely N-dealkylation sites (N-methyl/N-ethyl adjacent to an activating group) is 1. The van der Waals surface area contributed by atoms with E-state index >= 15 is 0 Å². The average molecular weight is 397 g/mol. The Morgan fingerprint density at radius 1 is 1.14 bits per heavy atom. The quantitative estimate of drug-likeness (QED) is 0.491. The molecule has 150 valence electrons. The number of phenolic OH excluding ortho intramolecular Hbond substituents is 1. The van der Waals surface area contributed by atoms with Crippen LogP contribution in [0.2, 0.25) is 0 Å². The van der Waals surface area contributed by atoms with Gasteiger partial charge in [0.15, 0.2) is 23.1 Å². The normalized spacial score (nSPS) is 17.1. The van der Waals surface area contributed by atoms with Gasteiger partial charge < -0.3 is 30.1 Å². The van der Waals surface area contributed by atoms with E-state index in [0.29, 0.717) is 11.3 Å². The Morgan fingerprint density at radius 3 is 2.52 bits per heavy atom. The van der Waals surface area contributed by atoms with Crippen molar-refractivity contribution in [2.24, 2.45) is 0 Å². The SMILES string of the molecule is CN[C@H]1C=CCOc2cc3c(c(O)c21)C(=O)c1c(cc(OC)c(O)c1CO)C3=O. The number of phenols is 2. The van der Waals surface area contributed by atoms with Crippen LogP contribution in [0.15, 0.2) is 24.3 Å². The monoisotopic (exact) mass is 397 g/mol. The van der Waals surface area contributed by atoms with E-state index in [1.54, 1.807) is 19.2 Å². The highest BCUT2D eigenvalue weighted by molar-refractivity contribution is 6.30. The smallest absolute Gasteiger partial charge is 0.198 e. The predicted octanol–water partition coefficient (Wildman–Crippen LogP) is 1.58. The highest BCUT2D eigenvalue weighted by Crippen LogP contribution is 2.46. The van der Waals surface area contributed by atoms with Crippen molar-refractivity contribution in [2.75, 3.05) is 20.8 Å². The molecule has 4 N–H and O–H groups in total. The van der Waals surface area contributed by atoms with Gasteiger partial charge in [-0.3, -0.25) is 9.59 Å². The van der Waals surface area contributed by atoms with Gasteiger partial charge in [0, 0.05) is 22.3 Å². The fraction of sp³-hybridized carbons (Fsp3) is 0.238. The topological polar surface area (TPSA) is 125 Å². The fourth-order valence-electron chi connectivity index (χ4n) is 3.87. The summed E-state index contributed by atoms with van der Waals surface area (Å²) in [7, 11) is 3.00. The van der Waals surface area contributed by atoms with Crippen LogP contribution in [0.25, 0.3) is 0 Å². The number of rotatable bonds is 3. The van der Waals surface area contributed by atoms with Crippen molar-refractivity contribution in [3.63, 3.8) is 0 Å². The molecule has 2 aromatic rings. The van der Waals surface area contributed by atoms with Crippen LogP contribution in [0, 0.1) is 0 Å². The van der Waals surface area contributed by atoms with Gasteiger partial charge in [0.25, 0.3) is 0 Å². The molecule has 2 aliphatic rings. The number of carbonyl (C=O) groups is 2. The molecule has 4 rings (SSSR count). The molecular weight excluding hydrogens is 378 g/mol. The van der Waals surface area contributed by atoms with Crippen LogP contribution in [-0.4, -0.2) is 47.7 Å². The molecule has 0 amide bonds. The van der Waals surface area contributed by atoms with Crippen molar-refractivity contribution < 1.29 is 34.4 Å². The fourth-order valence-corrected chi connectivity index (χ4v) is 3.87. The zero-order valence-corrected chi connectivity index (χ0v) is 15.8. The maximum Gasteiger partial charge on any atom is 0.198 e. The zero-order chi connectivity index (χ0) is 20.9. The van der Waals surface area contributed by atoms with Gasteiger partial charge in [0.2, 0.25) is 0 Å². The van der Waals surface area contributed by atoms with Crippen molar-refractivity contribution in [3.8, 4) is 23.0 Å². The van der Waals surface area contributed by atoms with Crippen LogP contribution in [0.5, 0.6) is 23.0 Å². The maximum absolute atomic E-state index is 13.3. The van der Waals surface area contributed by atoms with E-state index in [0.717, 1.165) is 0 Å². The molecule has 1 heterocycles. The lowest BCUT2D eigenvalue weighted by Gasteiger charge is -2.25. The van der Waals surface area contributed by atoms with Gasteiger partial charge in [-0.1, -0.05) is 6.08 Å². The third kappa shape index (κ3) is 2.60. The van der Waals surface area contributed by atoms with Gasteiger partial charge >= 0.3 is 0 Å². The van der Waals surface area contributed by atoms with E-state index in [4.69, 9.17) is 9.47 Å². The molecule has 0 aromatic heterocycles. The molecule has 0 bridgehead atoms. The summed E-state index contributed by atoms with van der Waals surface area (Å²) in [6.07, 6.45) is 3.56. The number of carbonyl (C=O) groups excluding carboxylic acids is 2. The lowest BCUT2D eigenvalue weighted by molar-refractivity contribution is 0.0972. The first-order valence-electron chi connectivity index (χ1n) is 8.94. The number of aliphatic hydroxyl groups is 1. The Bertz CT molecular complexity index is 1090. The summed E-state index contributed by atoms with van der Waals surface area (Å²) in [6, 6.07) is 2.28. The summed E-state index contributed by atoms with van der Waals surface area (Å²) in [5, 5.41) is 34.1.